The van der Waals surface area contributed by atoms with E-state index in [1.165, 1.54) is 11.6 Å². The Hall–Kier alpha value is -1.90. The van der Waals surface area contributed by atoms with Crippen LogP contribution >= 0.6 is 0 Å². The van der Waals surface area contributed by atoms with Crippen molar-refractivity contribution in [3.8, 4) is 11.5 Å². The fraction of sp³-hybridized carbons (Fsp3) is 0.200. The zero-order chi connectivity index (χ0) is 13.1. The van der Waals surface area contributed by atoms with Gasteiger partial charge in [0, 0.05) is 6.07 Å². The van der Waals surface area contributed by atoms with Gasteiger partial charge < -0.3 is 4.74 Å². The van der Waals surface area contributed by atoms with Gasteiger partial charge in [-0.3, -0.25) is 0 Å². The highest BCUT2D eigenvalue weighted by Crippen LogP contribution is 2.25. The summed E-state index contributed by atoms with van der Waals surface area (Å²) >= 11 is 0. The van der Waals surface area contributed by atoms with E-state index in [0.29, 0.717) is 11.7 Å². The van der Waals surface area contributed by atoms with Gasteiger partial charge in [-0.05, 0) is 35.7 Å². The quantitative estimate of drug-likeness (QED) is 0.752. The Labute approximate surface area is 105 Å². The molecule has 0 saturated heterocycles. The highest BCUT2D eigenvalue weighted by atomic mass is 19.2. The fourth-order valence-electron chi connectivity index (χ4n) is 1.60. The van der Waals surface area contributed by atoms with Crippen LogP contribution in [0, 0.1) is 11.6 Å². The Morgan fingerprint density at radius 3 is 2.00 bits per heavy atom. The number of rotatable bonds is 3. The van der Waals surface area contributed by atoms with Gasteiger partial charge in [0.2, 0.25) is 0 Å². The molecule has 0 heterocycles. The molecular weight excluding hydrogens is 234 g/mol. The summed E-state index contributed by atoms with van der Waals surface area (Å²) in [5, 5.41) is 0. The van der Waals surface area contributed by atoms with Gasteiger partial charge in [0.25, 0.3) is 0 Å². The minimum absolute atomic E-state index is 0.284. The third kappa shape index (κ3) is 2.86. The van der Waals surface area contributed by atoms with E-state index in [4.69, 9.17) is 4.74 Å². The van der Waals surface area contributed by atoms with Crippen LogP contribution in [0.5, 0.6) is 11.5 Å². The van der Waals surface area contributed by atoms with Gasteiger partial charge in [0.05, 0.1) is 0 Å². The van der Waals surface area contributed by atoms with Crippen LogP contribution < -0.4 is 4.74 Å². The third-order valence-electron chi connectivity index (χ3n) is 2.67. The molecule has 3 heteroatoms. The van der Waals surface area contributed by atoms with E-state index in [2.05, 4.69) is 13.8 Å². The van der Waals surface area contributed by atoms with Crippen LogP contribution in [0.1, 0.15) is 25.3 Å². The molecule has 0 atom stereocenters. The molecule has 0 aliphatic rings. The molecule has 0 aliphatic heterocycles. The van der Waals surface area contributed by atoms with Crippen molar-refractivity contribution in [3.05, 3.63) is 59.7 Å². The molecule has 2 aromatic rings. The lowest BCUT2D eigenvalue weighted by atomic mass is 10.0. The molecule has 0 radical (unpaired) electrons. The van der Waals surface area contributed by atoms with Crippen LogP contribution in [0.25, 0.3) is 0 Å². The van der Waals surface area contributed by atoms with Crippen molar-refractivity contribution in [1.29, 1.82) is 0 Å². The Morgan fingerprint density at radius 2 is 1.44 bits per heavy atom. The molecule has 0 saturated carbocycles. The van der Waals surface area contributed by atoms with Gasteiger partial charge in [-0.2, -0.15) is 0 Å². The highest BCUT2D eigenvalue weighted by molar-refractivity contribution is 5.34. The highest BCUT2D eigenvalue weighted by Gasteiger charge is 2.05. The molecule has 0 amide bonds. The molecular formula is C15H14F2O. The van der Waals surface area contributed by atoms with Crippen LogP contribution in [-0.4, -0.2) is 0 Å². The van der Waals surface area contributed by atoms with Crippen LogP contribution in [0.15, 0.2) is 42.5 Å². The lowest BCUT2D eigenvalue weighted by Gasteiger charge is -2.08. The first-order valence-corrected chi connectivity index (χ1v) is 5.79. The second-order valence-electron chi connectivity index (χ2n) is 4.40. The van der Waals surface area contributed by atoms with Crippen molar-refractivity contribution >= 4 is 0 Å². The van der Waals surface area contributed by atoms with Gasteiger partial charge in [-0.15, -0.1) is 0 Å². The molecule has 1 nitrogen and oxygen atoms in total. The van der Waals surface area contributed by atoms with Crippen molar-refractivity contribution in [3.63, 3.8) is 0 Å². The minimum atomic E-state index is -0.911. The molecule has 0 aliphatic carbocycles. The number of hydrogen-bond acceptors (Lipinski definition) is 1. The van der Waals surface area contributed by atoms with E-state index in [1.807, 2.05) is 24.3 Å². The number of ether oxygens (including phenoxy) is 1. The van der Waals surface area contributed by atoms with Gasteiger partial charge >= 0.3 is 0 Å². The van der Waals surface area contributed by atoms with Gasteiger partial charge in [0.1, 0.15) is 11.5 Å². The maximum Gasteiger partial charge on any atom is 0.162 e. The maximum atomic E-state index is 13.0. The van der Waals surface area contributed by atoms with E-state index in [9.17, 15) is 8.78 Å². The molecule has 0 spiro atoms. The summed E-state index contributed by atoms with van der Waals surface area (Å²) in [5.74, 6) is -0.456. The first-order chi connectivity index (χ1) is 8.56. The lowest BCUT2D eigenvalue weighted by Crippen LogP contribution is -1.90. The maximum absolute atomic E-state index is 13.0. The summed E-state index contributed by atoms with van der Waals surface area (Å²) in [6.45, 7) is 4.20. The average molecular weight is 248 g/mol. The van der Waals surface area contributed by atoms with E-state index < -0.39 is 11.6 Å². The average Bonchev–Trinajstić information content (AvgIpc) is 2.34. The smallest absolute Gasteiger partial charge is 0.162 e. The first kappa shape index (κ1) is 12.6. The summed E-state index contributed by atoms with van der Waals surface area (Å²) in [6, 6.07) is 11.0. The fourth-order valence-corrected chi connectivity index (χ4v) is 1.60. The normalized spacial score (nSPS) is 10.7. The molecule has 0 aromatic heterocycles. The third-order valence-corrected chi connectivity index (χ3v) is 2.67. The molecule has 0 fully saturated rings. The summed E-state index contributed by atoms with van der Waals surface area (Å²) in [4.78, 5) is 0. The topological polar surface area (TPSA) is 9.23 Å². The van der Waals surface area contributed by atoms with Crippen molar-refractivity contribution in [2.45, 2.75) is 19.8 Å². The number of halogens is 2. The second kappa shape index (κ2) is 5.17. The predicted molar refractivity (Wildman–Crippen MR) is 67.0 cm³/mol. The van der Waals surface area contributed by atoms with Crippen molar-refractivity contribution in [2.24, 2.45) is 0 Å². The Morgan fingerprint density at radius 1 is 0.833 bits per heavy atom. The van der Waals surface area contributed by atoms with Crippen LogP contribution in [0.3, 0.4) is 0 Å². The second-order valence-corrected chi connectivity index (χ2v) is 4.40. The van der Waals surface area contributed by atoms with Gasteiger partial charge in [-0.25, -0.2) is 8.78 Å². The SMILES string of the molecule is CC(C)c1ccc(Oc2ccc(F)c(F)c2)cc1. The molecule has 2 aromatic carbocycles. The van der Waals surface area contributed by atoms with Gasteiger partial charge in [0.15, 0.2) is 11.6 Å². The molecule has 0 unspecified atom stereocenters. The number of hydrogen-bond donors (Lipinski definition) is 0. The Bertz CT molecular complexity index is 533. The van der Waals surface area contributed by atoms with Gasteiger partial charge in [-0.1, -0.05) is 26.0 Å². The van der Waals surface area contributed by atoms with Crippen molar-refractivity contribution in [2.75, 3.05) is 0 Å². The molecule has 0 bridgehead atoms. The molecule has 94 valence electrons. The zero-order valence-electron chi connectivity index (χ0n) is 10.3. The summed E-state index contributed by atoms with van der Waals surface area (Å²) < 4.78 is 31.2. The van der Waals surface area contributed by atoms with Crippen LogP contribution in [0.4, 0.5) is 8.78 Å². The standard InChI is InChI=1S/C15H14F2O/c1-10(2)11-3-5-12(6-4-11)18-13-7-8-14(16)15(17)9-13/h3-10H,1-2H3. The Kier molecular flexibility index (Phi) is 3.60. The molecule has 2 rings (SSSR count). The monoisotopic (exact) mass is 248 g/mol. The van der Waals surface area contributed by atoms with E-state index in [-0.39, 0.29) is 5.75 Å². The largest absolute Gasteiger partial charge is 0.457 e. The van der Waals surface area contributed by atoms with Crippen LogP contribution in [-0.2, 0) is 0 Å². The van der Waals surface area contributed by atoms with Crippen molar-refractivity contribution in [1.82, 2.24) is 0 Å². The lowest BCUT2D eigenvalue weighted by molar-refractivity contribution is 0.461. The zero-order valence-corrected chi connectivity index (χ0v) is 10.3. The van der Waals surface area contributed by atoms with Crippen molar-refractivity contribution < 1.29 is 13.5 Å². The summed E-state index contributed by atoms with van der Waals surface area (Å²) in [5.41, 5.74) is 1.20. The molecule has 0 N–H and O–H groups in total. The van der Waals surface area contributed by atoms with E-state index in [1.54, 1.807) is 0 Å². The van der Waals surface area contributed by atoms with E-state index >= 15 is 0 Å². The summed E-state index contributed by atoms with van der Waals surface area (Å²) in [7, 11) is 0. The van der Waals surface area contributed by atoms with Crippen LogP contribution in [0.2, 0.25) is 0 Å². The molecule has 18 heavy (non-hydrogen) atoms. The number of benzene rings is 2. The van der Waals surface area contributed by atoms with E-state index in [0.717, 1.165) is 12.1 Å². The first-order valence-electron chi connectivity index (χ1n) is 5.79. The Balaban J connectivity index is 2.15. The minimum Gasteiger partial charge on any atom is -0.457 e. The summed E-state index contributed by atoms with van der Waals surface area (Å²) in [6.07, 6.45) is 0. The predicted octanol–water partition coefficient (Wildman–Crippen LogP) is 4.88.